The number of benzene rings is 1. The van der Waals surface area contributed by atoms with Crippen LogP contribution in [-0.2, 0) is 17.6 Å². The van der Waals surface area contributed by atoms with Crippen molar-refractivity contribution in [2.45, 2.75) is 44.6 Å². The van der Waals surface area contributed by atoms with Gasteiger partial charge in [-0.15, -0.1) is 0 Å². The molecule has 0 aliphatic heterocycles. The smallest absolute Gasteiger partial charge is 0.120 e. The first-order valence-electron chi connectivity index (χ1n) is 7.21. The van der Waals surface area contributed by atoms with Crippen molar-refractivity contribution >= 4 is 6.29 Å². The molecule has 0 radical (unpaired) electrons. The molecule has 0 fully saturated rings. The maximum Gasteiger partial charge on any atom is 0.120 e. The lowest BCUT2D eigenvalue weighted by Crippen LogP contribution is -2.12. The van der Waals surface area contributed by atoms with E-state index in [0.717, 1.165) is 32.0 Å². The summed E-state index contributed by atoms with van der Waals surface area (Å²) in [7, 11) is 0. The minimum Gasteiger partial charge on any atom is -0.394 e. The number of rotatable bonds is 10. The zero-order valence-electron chi connectivity index (χ0n) is 11.9. The van der Waals surface area contributed by atoms with Crippen molar-refractivity contribution in [2.75, 3.05) is 6.61 Å². The largest absolute Gasteiger partial charge is 0.394 e. The van der Waals surface area contributed by atoms with Gasteiger partial charge in [0.15, 0.2) is 0 Å². The highest BCUT2D eigenvalue weighted by molar-refractivity contribution is 5.49. The average molecular weight is 276 g/mol. The van der Waals surface area contributed by atoms with E-state index in [-0.39, 0.29) is 6.61 Å². The number of aldehydes is 1. The number of unbranched alkanes of at least 4 members (excludes halogenated alkanes) is 2. The van der Waals surface area contributed by atoms with E-state index in [9.17, 15) is 9.90 Å². The second-order valence-electron chi connectivity index (χ2n) is 4.96. The van der Waals surface area contributed by atoms with Crippen molar-refractivity contribution in [3.8, 4) is 0 Å². The Hall–Kier alpha value is -1.45. The van der Waals surface area contributed by atoms with Gasteiger partial charge in [0, 0.05) is 6.42 Å². The molecule has 3 nitrogen and oxygen atoms in total. The molecule has 3 heteroatoms. The average Bonchev–Trinajstić information content (AvgIpc) is 2.49. The molecule has 1 aromatic carbocycles. The van der Waals surface area contributed by atoms with Crippen molar-refractivity contribution in [3.63, 3.8) is 0 Å². The summed E-state index contributed by atoms with van der Waals surface area (Å²) < 4.78 is 0. The Bertz CT molecular complexity index is 395. The van der Waals surface area contributed by atoms with Gasteiger partial charge in [-0.25, -0.2) is 0 Å². The van der Waals surface area contributed by atoms with Crippen LogP contribution in [0.25, 0.3) is 0 Å². The molecule has 0 bridgehead atoms. The highest BCUT2D eigenvalue weighted by Crippen LogP contribution is 2.09. The zero-order chi connectivity index (χ0) is 14.6. The third kappa shape index (κ3) is 7.22. The fourth-order valence-electron chi connectivity index (χ4n) is 1.92. The first kappa shape index (κ1) is 16.6. The van der Waals surface area contributed by atoms with Crippen LogP contribution in [-0.4, -0.2) is 29.2 Å². The third-order valence-electron chi connectivity index (χ3n) is 3.21. The first-order valence-corrected chi connectivity index (χ1v) is 7.21. The predicted octanol–water partition coefficient (Wildman–Crippen LogP) is 2.44. The van der Waals surface area contributed by atoms with E-state index in [0.29, 0.717) is 12.8 Å². The minimum absolute atomic E-state index is 0.174. The molecule has 110 valence electrons. The minimum atomic E-state index is -0.621. The van der Waals surface area contributed by atoms with Gasteiger partial charge in [0.25, 0.3) is 0 Å². The third-order valence-corrected chi connectivity index (χ3v) is 3.21. The number of allylic oxidation sites excluding steroid dienone is 2. The zero-order valence-corrected chi connectivity index (χ0v) is 11.9. The van der Waals surface area contributed by atoms with Crippen LogP contribution < -0.4 is 0 Å². The fraction of sp³-hybridized carbons (Fsp3) is 0.471. The van der Waals surface area contributed by atoms with E-state index in [1.807, 2.05) is 0 Å². The molecule has 1 rings (SSSR count). The number of carbonyl (C=O) groups excluding carboxylic acids is 1. The van der Waals surface area contributed by atoms with Gasteiger partial charge in [0.05, 0.1) is 12.7 Å². The molecular formula is C17H24O3. The fourth-order valence-corrected chi connectivity index (χ4v) is 1.92. The number of aliphatic hydroxyl groups excluding tert-OH is 2. The van der Waals surface area contributed by atoms with Gasteiger partial charge >= 0.3 is 0 Å². The molecule has 2 N–H and O–H groups in total. The van der Waals surface area contributed by atoms with E-state index < -0.39 is 6.10 Å². The van der Waals surface area contributed by atoms with E-state index in [4.69, 9.17) is 5.11 Å². The van der Waals surface area contributed by atoms with Gasteiger partial charge in [0.2, 0.25) is 0 Å². The summed E-state index contributed by atoms with van der Waals surface area (Å²) in [5, 5.41) is 18.1. The highest BCUT2D eigenvalue weighted by atomic mass is 16.3. The normalized spacial score (nSPS) is 12.7. The molecule has 0 saturated carbocycles. The van der Waals surface area contributed by atoms with E-state index in [2.05, 4.69) is 36.4 Å². The van der Waals surface area contributed by atoms with Gasteiger partial charge in [0.1, 0.15) is 6.29 Å². The summed E-state index contributed by atoms with van der Waals surface area (Å²) in [6.07, 6.45) is 9.38. The van der Waals surface area contributed by atoms with Gasteiger partial charge in [-0.3, -0.25) is 0 Å². The van der Waals surface area contributed by atoms with Crippen molar-refractivity contribution in [1.82, 2.24) is 0 Å². The Balaban J connectivity index is 2.29. The topological polar surface area (TPSA) is 57.5 Å². The number of hydrogen-bond acceptors (Lipinski definition) is 3. The Kier molecular flexibility index (Phi) is 8.59. The summed E-state index contributed by atoms with van der Waals surface area (Å²) in [5.41, 5.74) is 2.43. The molecule has 0 aliphatic rings. The maximum absolute atomic E-state index is 10.2. The number of carbonyl (C=O) groups is 1. The van der Waals surface area contributed by atoms with Gasteiger partial charge in [-0.05, 0) is 43.2 Å². The molecule has 20 heavy (non-hydrogen) atoms. The summed E-state index contributed by atoms with van der Waals surface area (Å²) >= 11 is 0. The lowest BCUT2D eigenvalue weighted by molar-refractivity contribution is -0.107. The van der Waals surface area contributed by atoms with E-state index in [1.165, 1.54) is 11.1 Å². The highest BCUT2D eigenvalue weighted by Gasteiger charge is 2.02. The Morgan fingerprint density at radius 1 is 1.05 bits per heavy atom. The molecule has 0 heterocycles. The van der Waals surface area contributed by atoms with Crippen molar-refractivity contribution < 1.29 is 15.0 Å². The maximum atomic E-state index is 10.2. The van der Waals surface area contributed by atoms with Gasteiger partial charge in [-0.1, -0.05) is 36.4 Å². The molecule has 0 aromatic heterocycles. The van der Waals surface area contributed by atoms with Gasteiger partial charge in [-0.2, -0.15) is 0 Å². The monoisotopic (exact) mass is 276 g/mol. The molecule has 0 saturated heterocycles. The van der Waals surface area contributed by atoms with Crippen LogP contribution in [0.4, 0.5) is 0 Å². The lowest BCUT2D eigenvalue weighted by atomic mass is 10.0. The second-order valence-corrected chi connectivity index (χ2v) is 4.96. The number of aryl methyl sites for hydroxylation is 1. The Morgan fingerprint density at radius 2 is 1.75 bits per heavy atom. The van der Waals surface area contributed by atoms with Crippen LogP contribution in [0.3, 0.4) is 0 Å². The van der Waals surface area contributed by atoms with Crippen LogP contribution in [0.5, 0.6) is 0 Å². The van der Waals surface area contributed by atoms with Crippen LogP contribution in [0.15, 0.2) is 36.4 Å². The molecule has 0 amide bonds. The number of hydrogen-bond donors (Lipinski definition) is 2. The SMILES string of the molecule is O=CCCCC=CCc1ccc(CCC(O)CO)cc1. The van der Waals surface area contributed by atoms with Gasteiger partial charge < -0.3 is 15.0 Å². The van der Waals surface area contributed by atoms with E-state index in [1.54, 1.807) is 0 Å². The van der Waals surface area contributed by atoms with Crippen LogP contribution >= 0.6 is 0 Å². The summed E-state index contributed by atoms with van der Waals surface area (Å²) in [5.74, 6) is 0. The molecule has 1 aromatic rings. The van der Waals surface area contributed by atoms with Crippen molar-refractivity contribution in [1.29, 1.82) is 0 Å². The van der Waals surface area contributed by atoms with E-state index >= 15 is 0 Å². The standard InChI is InChI=1S/C17H24O3/c18-13-5-3-1-2-4-6-15-7-9-16(10-8-15)11-12-17(20)14-19/h2,4,7-10,13,17,19-20H,1,3,5-6,11-12,14H2. The summed E-state index contributed by atoms with van der Waals surface area (Å²) in [4.78, 5) is 10.2. The number of aliphatic hydroxyl groups is 2. The molecule has 1 unspecified atom stereocenters. The van der Waals surface area contributed by atoms with Crippen molar-refractivity contribution in [3.05, 3.63) is 47.5 Å². The van der Waals surface area contributed by atoms with Crippen molar-refractivity contribution in [2.24, 2.45) is 0 Å². The first-order chi connectivity index (χ1) is 9.76. The van der Waals surface area contributed by atoms with Crippen LogP contribution in [0, 0.1) is 0 Å². The molecule has 1 atom stereocenters. The molecule has 0 spiro atoms. The lowest BCUT2D eigenvalue weighted by Gasteiger charge is -2.07. The summed E-state index contributed by atoms with van der Waals surface area (Å²) in [6.45, 7) is -0.174. The Morgan fingerprint density at radius 3 is 2.40 bits per heavy atom. The second kappa shape index (κ2) is 10.4. The van der Waals surface area contributed by atoms with Crippen LogP contribution in [0.1, 0.15) is 36.8 Å². The quantitative estimate of drug-likeness (QED) is 0.392. The van der Waals surface area contributed by atoms with Crippen LogP contribution in [0.2, 0.25) is 0 Å². The molecular weight excluding hydrogens is 252 g/mol. The Labute approximate surface area is 121 Å². The molecule has 0 aliphatic carbocycles. The summed E-state index contributed by atoms with van der Waals surface area (Å²) in [6, 6.07) is 8.33. The predicted molar refractivity (Wildman–Crippen MR) is 80.6 cm³/mol.